The van der Waals surface area contributed by atoms with Crippen LogP contribution in [-0.4, -0.2) is 19.6 Å². The van der Waals surface area contributed by atoms with E-state index in [0.29, 0.717) is 11.3 Å². The highest BCUT2D eigenvalue weighted by Gasteiger charge is 2.18. The summed E-state index contributed by atoms with van der Waals surface area (Å²) in [7, 11) is 1.88. The summed E-state index contributed by atoms with van der Waals surface area (Å²) in [5.74, 6) is 0.562. The predicted molar refractivity (Wildman–Crippen MR) is 84.8 cm³/mol. The molecule has 0 saturated carbocycles. The SMILES string of the molecule is Cc1nc(O)c2c(n1)c(-c1c(C)cc(Cl)cc1C)cn2C. The first-order chi connectivity index (χ1) is 9.88. The van der Waals surface area contributed by atoms with Gasteiger partial charge in [0.15, 0.2) is 0 Å². The number of aromatic hydroxyl groups is 1. The van der Waals surface area contributed by atoms with Crippen molar-refractivity contribution in [1.82, 2.24) is 14.5 Å². The molecule has 3 aromatic rings. The zero-order valence-electron chi connectivity index (χ0n) is 12.4. The van der Waals surface area contributed by atoms with E-state index in [9.17, 15) is 5.11 Å². The molecule has 2 aromatic heterocycles. The van der Waals surface area contributed by atoms with Crippen LogP contribution in [0.1, 0.15) is 17.0 Å². The average molecular weight is 302 g/mol. The monoisotopic (exact) mass is 301 g/mol. The summed E-state index contributed by atoms with van der Waals surface area (Å²) in [4.78, 5) is 8.54. The Kier molecular flexibility index (Phi) is 3.14. The van der Waals surface area contributed by atoms with Crippen molar-refractivity contribution < 1.29 is 5.11 Å². The Bertz CT molecular complexity index is 845. The van der Waals surface area contributed by atoms with Crippen LogP contribution in [0.25, 0.3) is 22.2 Å². The molecule has 4 nitrogen and oxygen atoms in total. The van der Waals surface area contributed by atoms with Crippen LogP contribution in [0, 0.1) is 20.8 Å². The second-order valence-electron chi connectivity index (χ2n) is 5.36. The number of fused-ring (bicyclic) bond motifs is 1. The molecule has 1 N–H and O–H groups in total. The molecule has 0 fully saturated rings. The molecule has 0 aliphatic rings. The van der Waals surface area contributed by atoms with Gasteiger partial charge in [0, 0.05) is 23.8 Å². The third-order valence-electron chi connectivity index (χ3n) is 3.67. The summed E-state index contributed by atoms with van der Waals surface area (Å²) in [5.41, 5.74) is 5.66. The number of rotatable bonds is 1. The van der Waals surface area contributed by atoms with Crippen molar-refractivity contribution >= 4 is 22.6 Å². The molecule has 0 unspecified atom stereocenters. The molecule has 21 heavy (non-hydrogen) atoms. The predicted octanol–water partition coefficient (Wildman–Crippen LogP) is 3.92. The van der Waals surface area contributed by atoms with E-state index in [1.165, 1.54) is 0 Å². The average Bonchev–Trinajstić information content (AvgIpc) is 2.65. The largest absolute Gasteiger partial charge is 0.492 e. The second kappa shape index (κ2) is 4.74. The number of halogens is 1. The fraction of sp³-hybridized carbons (Fsp3) is 0.250. The lowest BCUT2D eigenvalue weighted by molar-refractivity contribution is 0.455. The van der Waals surface area contributed by atoms with Gasteiger partial charge < -0.3 is 9.67 Å². The Morgan fingerprint density at radius 1 is 1.10 bits per heavy atom. The van der Waals surface area contributed by atoms with Gasteiger partial charge in [-0.2, -0.15) is 4.98 Å². The fourth-order valence-corrected chi connectivity index (χ4v) is 3.23. The van der Waals surface area contributed by atoms with Crippen molar-refractivity contribution in [3.63, 3.8) is 0 Å². The second-order valence-corrected chi connectivity index (χ2v) is 5.80. The molecule has 0 spiro atoms. The molecular formula is C16H16ClN3O. The van der Waals surface area contributed by atoms with Crippen molar-refractivity contribution in [1.29, 1.82) is 0 Å². The lowest BCUT2D eigenvalue weighted by Crippen LogP contribution is -1.92. The first kappa shape index (κ1) is 13.9. The normalized spacial score (nSPS) is 11.3. The molecular weight excluding hydrogens is 286 g/mol. The highest BCUT2D eigenvalue weighted by Crippen LogP contribution is 2.37. The van der Waals surface area contributed by atoms with Crippen molar-refractivity contribution in [3.05, 3.63) is 40.3 Å². The molecule has 108 valence electrons. The minimum atomic E-state index is 0.00974. The Hall–Kier alpha value is -2.07. The van der Waals surface area contributed by atoms with Gasteiger partial charge in [-0.15, -0.1) is 0 Å². The smallest absolute Gasteiger partial charge is 0.239 e. The fourth-order valence-electron chi connectivity index (χ4n) is 2.90. The summed E-state index contributed by atoms with van der Waals surface area (Å²) in [5, 5.41) is 10.8. The summed E-state index contributed by atoms with van der Waals surface area (Å²) in [6, 6.07) is 3.88. The molecule has 3 rings (SSSR count). The Morgan fingerprint density at radius 3 is 2.33 bits per heavy atom. The van der Waals surface area contributed by atoms with Crippen LogP contribution < -0.4 is 0 Å². The lowest BCUT2D eigenvalue weighted by atomic mass is 9.97. The van der Waals surface area contributed by atoms with Gasteiger partial charge in [-0.1, -0.05) is 11.6 Å². The Balaban J connectivity index is 2.42. The molecule has 0 radical (unpaired) electrons. The van der Waals surface area contributed by atoms with Crippen LogP contribution in [-0.2, 0) is 7.05 Å². The quantitative estimate of drug-likeness (QED) is 0.741. The van der Waals surface area contributed by atoms with Crippen molar-refractivity contribution in [3.8, 4) is 17.0 Å². The van der Waals surface area contributed by atoms with E-state index < -0.39 is 0 Å². The number of aromatic nitrogens is 3. The molecule has 0 aliphatic carbocycles. The molecule has 0 aliphatic heterocycles. The highest BCUT2D eigenvalue weighted by atomic mass is 35.5. The number of nitrogens with zero attached hydrogens (tertiary/aromatic N) is 3. The zero-order chi connectivity index (χ0) is 15.3. The first-order valence-electron chi connectivity index (χ1n) is 6.68. The number of hydrogen-bond donors (Lipinski definition) is 1. The van der Waals surface area contributed by atoms with Gasteiger partial charge in [0.1, 0.15) is 16.9 Å². The summed E-state index contributed by atoms with van der Waals surface area (Å²) < 4.78 is 1.85. The van der Waals surface area contributed by atoms with Crippen LogP contribution in [0.5, 0.6) is 5.88 Å². The van der Waals surface area contributed by atoms with E-state index in [-0.39, 0.29) is 5.88 Å². The Morgan fingerprint density at radius 2 is 1.71 bits per heavy atom. The maximum atomic E-state index is 10.1. The van der Waals surface area contributed by atoms with Crippen LogP contribution in [0.4, 0.5) is 0 Å². The van der Waals surface area contributed by atoms with Crippen LogP contribution in [0.3, 0.4) is 0 Å². The molecule has 0 amide bonds. The van der Waals surface area contributed by atoms with Gasteiger partial charge in [0.25, 0.3) is 0 Å². The molecule has 0 atom stereocenters. The Labute approximate surface area is 128 Å². The maximum Gasteiger partial charge on any atom is 0.239 e. The van der Waals surface area contributed by atoms with E-state index in [2.05, 4.69) is 9.97 Å². The molecule has 2 heterocycles. The molecule has 5 heteroatoms. The van der Waals surface area contributed by atoms with E-state index in [1.807, 2.05) is 43.8 Å². The minimum Gasteiger partial charge on any atom is -0.492 e. The van der Waals surface area contributed by atoms with Crippen LogP contribution in [0.2, 0.25) is 5.02 Å². The molecule has 1 aromatic carbocycles. The minimum absolute atomic E-state index is 0.00974. The standard InChI is InChI=1S/C16H16ClN3O/c1-8-5-11(17)6-9(2)13(8)12-7-20(4)15-14(12)18-10(3)19-16(15)21/h5-7H,1-4H3,(H,18,19,21). The van der Waals surface area contributed by atoms with Gasteiger partial charge >= 0.3 is 0 Å². The summed E-state index contributed by atoms with van der Waals surface area (Å²) in [6.07, 6.45) is 1.97. The van der Waals surface area contributed by atoms with Gasteiger partial charge in [-0.05, 0) is 49.6 Å². The van der Waals surface area contributed by atoms with Crippen molar-refractivity contribution in [2.45, 2.75) is 20.8 Å². The van der Waals surface area contributed by atoms with Gasteiger partial charge in [0.2, 0.25) is 5.88 Å². The van der Waals surface area contributed by atoms with E-state index in [4.69, 9.17) is 11.6 Å². The zero-order valence-corrected chi connectivity index (χ0v) is 13.2. The van der Waals surface area contributed by atoms with Gasteiger partial charge in [-0.3, -0.25) is 0 Å². The lowest BCUT2D eigenvalue weighted by Gasteiger charge is -2.09. The topological polar surface area (TPSA) is 50.9 Å². The van der Waals surface area contributed by atoms with Gasteiger partial charge in [0.05, 0.1) is 0 Å². The third kappa shape index (κ3) is 2.16. The third-order valence-corrected chi connectivity index (χ3v) is 3.89. The molecule has 0 saturated heterocycles. The van der Waals surface area contributed by atoms with E-state index >= 15 is 0 Å². The highest BCUT2D eigenvalue weighted by molar-refractivity contribution is 6.30. The van der Waals surface area contributed by atoms with E-state index in [1.54, 1.807) is 6.92 Å². The van der Waals surface area contributed by atoms with Gasteiger partial charge in [-0.25, -0.2) is 4.98 Å². The number of hydrogen-bond acceptors (Lipinski definition) is 3. The summed E-state index contributed by atoms with van der Waals surface area (Å²) in [6.45, 7) is 5.83. The molecule has 0 bridgehead atoms. The maximum absolute atomic E-state index is 10.1. The van der Waals surface area contributed by atoms with Crippen LogP contribution in [0.15, 0.2) is 18.3 Å². The van der Waals surface area contributed by atoms with Crippen molar-refractivity contribution in [2.75, 3.05) is 0 Å². The van der Waals surface area contributed by atoms with E-state index in [0.717, 1.165) is 32.8 Å². The van der Waals surface area contributed by atoms with Crippen molar-refractivity contribution in [2.24, 2.45) is 7.05 Å². The number of benzene rings is 1. The van der Waals surface area contributed by atoms with Crippen LogP contribution >= 0.6 is 11.6 Å². The number of aryl methyl sites for hydroxylation is 4. The first-order valence-corrected chi connectivity index (χ1v) is 7.06. The summed E-state index contributed by atoms with van der Waals surface area (Å²) >= 11 is 6.11.